The van der Waals surface area contributed by atoms with Crippen LogP contribution in [0.2, 0.25) is 0 Å². The van der Waals surface area contributed by atoms with E-state index in [-0.39, 0.29) is 11.4 Å². The Morgan fingerprint density at radius 3 is 2.67 bits per heavy atom. The molecule has 108 valence electrons. The molecule has 2 aromatic rings. The van der Waals surface area contributed by atoms with Crippen molar-refractivity contribution in [3.05, 3.63) is 63.9 Å². The fourth-order valence-electron chi connectivity index (χ4n) is 1.73. The molecule has 0 aliphatic heterocycles. The molecule has 0 saturated carbocycles. The van der Waals surface area contributed by atoms with Crippen molar-refractivity contribution in [1.82, 2.24) is 0 Å². The summed E-state index contributed by atoms with van der Waals surface area (Å²) < 4.78 is 14.3. The molecule has 1 amide bonds. The third kappa shape index (κ3) is 3.38. The molecular weight excluding hydrogens is 341 g/mol. The van der Waals surface area contributed by atoms with Crippen molar-refractivity contribution in [2.75, 3.05) is 5.32 Å². The van der Waals surface area contributed by atoms with E-state index < -0.39 is 11.7 Å². The van der Waals surface area contributed by atoms with E-state index in [2.05, 4.69) is 26.4 Å². The summed E-state index contributed by atoms with van der Waals surface area (Å²) in [6, 6.07) is 10.5. The van der Waals surface area contributed by atoms with Gasteiger partial charge in [0.15, 0.2) is 5.84 Å². The number of nitrogens with two attached hydrogens (primary N) is 1. The van der Waals surface area contributed by atoms with Gasteiger partial charge in [0.05, 0.1) is 11.3 Å². The van der Waals surface area contributed by atoms with Crippen molar-refractivity contribution in [3.8, 4) is 0 Å². The van der Waals surface area contributed by atoms with Gasteiger partial charge in [0.25, 0.3) is 5.91 Å². The van der Waals surface area contributed by atoms with Gasteiger partial charge in [-0.1, -0.05) is 33.2 Å². The number of rotatable bonds is 3. The first-order chi connectivity index (χ1) is 10.0. The average Bonchev–Trinajstić information content (AvgIpc) is 2.49. The number of benzene rings is 2. The summed E-state index contributed by atoms with van der Waals surface area (Å²) in [6.45, 7) is 0. The molecule has 0 aromatic heterocycles. The van der Waals surface area contributed by atoms with Crippen molar-refractivity contribution in [2.24, 2.45) is 10.9 Å². The minimum absolute atomic E-state index is 0.112. The highest BCUT2D eigenvalue weighted by molar-refractivity contribution is 9.10. The van der Waals surface area contributed by atoms with Crippen LogP contribution >= 0.6 is 15.9 Å². The van der Waals surface area contributed by atoms with E-state index in [9.17, 15) is 9.18 Å². The fraction of sp³-hybridized carbons (Fsp3) is 0. The summed E-state index contributed by atoms with van der Waals surface area (Å²) in [5.74, 6) is -1.43. The molecule has 0 fully saturated rings. The Hall–Kier alpha value is -2.41. The van der Waals surface area contributed by atoms with Gasteiger partial charge in [0.1, 0.15) is 5.82 Å². The second kappa shape index (κ2) is 6.36. The summed E-state index contributed by atoms with van der Waals surface area (Å²) in [5, 5.41) is 14.2. The zero-order valence-corrected chi connectivity index (χ0v) is 12.3. The molecular formula is C14H11BrFN3O2. The molecule has 5 nitrogen and oxygen atoms in total. The van der Waals surface area contributed by atoms with Crippen molar-refractivity contribution >= 4 is 33.4 Å². The van der Waals surface area contributed by atoms with Gasteiger partial charge in [0, 0.05) is 10.0 Å². The van der Waals surface area contributed by atoms with E-state index in [0.717, 1.165) is 0 Å². The fourth-order valence-corrected chi connectivity index (χ4v) is 2.09. The zero-order chi connectivity index (χ0) is 15.4. The number of para-hydroxylation sites is 1. The molecule has 7 heteroatoms. The Morgan fingerprint density at radius 2 is 1.95 bits per heavy atom. The maximum atomic E-state index is 13.7. The summed E-state index contributed by atoms with van der Waals surface area (Å²) in [6.07, 6.45) is 0. The van der Waals surface area contributed by atoms with E-state index in [1.165, 1.54) is 18.2 Å². The minimum atomic E-state index is -0.642. The number of amidine groups is 1. The second-order valence-electron chi connectivity index (χ2n) is 4.11. The lowest BCUT2D eigenvalue weighted by Crippen LogP contribution is -2.19. The standard InChI is InChI=1S/C14H11BrFN3O2/c15-8-5-6-11(16)10(7-8)14(20)18-12-4-2-1-3-9(12)13(17)19-21/h1-7,21H,(H2,17,19)(H,18,20). The average molecular weight is 352 g/mol. The molecule has 2 aromatic carbocycles. The van der Waals surface area contributed by atoms with Crippen LogP contribution in [0.25, 0.3) is 0 Å². The van der Waals surface area contributed by atoms with Crippen LogP contribution in [-0.2, 0) is 0 Å². The number of hydrogen-bond acceptors (Lipinski definition) is 3. The van der Waals surface area contributed by atoms with Gasteiger partial charge in [-0.3, -0.25) is 4.79 Å². The Morgan fingerprint density at radius 1 is 1.24 bits per heavy atom. The van der Waals surface area contributed by atoms with Gasteiger partial charge in [-0.05, 0) is 30.3 Å². The molecule has 0 radical (unpaired) electrons. The molecule has 0 aliphatic carbocycles. The number of halogens is 2. The molecule has 0 atom stereocenters. The van der Waals surface area contributed by atoms with Crippen LogP contribution < -0.4 is 11.1 Å². The van der Waals surface area contributed by atoms with Crippen LogP contribution in [0.3, 0.4) is 0 Å². The Bertz CT molecular complexity index is 719. The highest BCUT2D eigenvalue weighted by atomic mass is 79.9. The second-order valence-corrected chi connectivity index (χ2v) is 5.02. The van der Waals surface area contributed by atoms with Crippen LogP contribution in [-0.4, -0.2) is 17.0 Å². The monoisotopic (exact) mass is 351 g/mol. The first-order valence-electron chi connectivity index (χ1n) is 5.86. The number of hydrogen-bond donors (Lipinski definition) is 3. The van der Waals surface area contributed by atoms with Gasteiger partial charge in [-0.15, -0.1) is 0 Å². The Kier molecular flexibility index (Phi) is 4.54. The maximum Gasteiger partial charge on any atom is 0.258 e. The summed E-state index contributed by atoms with van der Waals surface area (Å²) in [7, 11) is 0. The molecule has 4 N–H and O–H groups in total. The quantitative estimate of drug-likeness (QED) is 0.344. The largest absolute Gasteiger partial charge is 0.409 e. The zero-order valence-electron chi connectivity index (χ0n) is 10.7. The molecule has 0 heterocycles. The molecule has 0 aliphatic rings. The summed E-state index contributed by atoms with van der Waals surface area (Å²) in [4.78, 5) is 12.1. The van der Waals surface area contributed by atoms with Gasteiger partial charge < -0.3 is 16.3 Å². The van der Waals surface area contributed by atoms with Gasteiger partial charge in [0.2, 0.25) is 0 Å². The third-order valence-electron chi connectivity index (χ3n) is 2.73. The molecule has 0 unspecified atom stereocenters. The van der Waals surface area contributed by atoms with Crippen LogP contribution in [0.5, 0.6) is 0 Å². The molecule has 2 rings (SSSR count). The number of nitrogens with zero attached hydrogens (tertiary/aromatic N) is 1. The lowest BCUT2D eigenvalue weighted by molar-refractivity contribution is 0.102. The minimum Gasteiger partial charge on any atom is -0.409 e. The molecule has 0 saturated heterocycles. The Labute approximate surface area is 128 Å². The SMILES string of the molecule is N/C(=N/O)c1ccccc1NC(=O)c1cc(Br)ccc1F. The van der Waals surface area contributed by atoms with Crippen LogP contribution in [0.4, 0.5) is 10.1 Å². The molecule has 21 heavy (non-hydrogen) atoms. The number of anilines is 1. The number of carbonyl (C=O) groups excluding carboxylic acids is 1. The highest BCUT2D eigenvalue weighted by Gasteiger charge is 2.15. The van der Waals surface area contributed by atoms with E-state index in [0.29, 0.717) is 15.7 Å². The topological polar surface area (TPSA) is 87.7 Å². The molecule has 0 spiro atoms. The Balaban J connectivity index is 2.34. The predicted molar refractivity (Wildman–Crippen MR) is 81.0 cm³/mol. The van der Waals surface area contributed by atoms with Crippen LogP contribution in [0.1, 0.15) is 15.9 Å². The summed E-state index contributed by atoms with van der Waals surface area (Å²) >= 11 is 3.18. The van der Waals surface area contributed by atoms with E-state index in [1.807, 2.05) is 0 Å². The van der Waals surface area contributed by atoms with E-state index in [1.54, 1.807) is 24.3 Å². The highest BCUT2D eigenvalue weighted by Crippen LogP contribution is 2.19. The lowest BCUT2D eigenvalue weighted by atomic mass is 10.1. The van der Waals surface area contributed by atoms with Crippen molar-refractivity contribution in [1.29, 1.82) is 0 Å². The first kappa shape index (κ1) is 15.0. The maximum absolute atomic E-state index is 13.7. The third-order valence-corrected chi connectivity index (χ3v) is 3.23. The van der Waals surface area contributed by atoms with E-state index in [4.69, 9.17) is 10.9 Å². The summed E-state index contributed by atoms with van der Waals surface area (Å²) in [5.41, 5.74) is 6.07. The number of carbonyl (C=O) groups is 1. The lowest BCUT2D eigenvalue weighted by Gasteiger charge is -2.10. The first-order valence-corrected chi connectivity index (χ1v) is 6.65. The van der Waals surface area contributed by atoms with E-state index >= 15 is 0 Å². The van der Waals surface area contributed by atoms with Gasteiger partial charge >= 0.3 is 0 Å². The molecule has 0 bridgehead atoms. The van der Waals surface area contributed by atoms with Crippen LogP contribution in [0.15, 0.2) is 52.1 Å². The smallest absolute Gasteiger partial charge is 0.258 e. The van der Waals surface area contributed by atoms with Crippen molar-refractivity contribution in [3.63, 3.8) is 0 Å². The number of amides is 1. The van der Waals surface area contributed by atoms with Gasteiger partial charge in [-0.2, -0.15) is 0 Å². The van der Waals surface area contributed by atoms with Crippen molar-refractivity contribution < 1.29 is 14.4 Å². The predicted octanol–water partition coefficient (Wildman–Crippen LogP) is 2.94. The number of nitrogens with one attached hydrogen (secondary N) is 1. The number of oxime groups is 1. The van der Waals surface area contributed by atoms with Gasteiger partial charge in [-0.25, -0.2) is 4.39 Å². The van der Waals surface area contributed by atoms with Crippen molar-refractivity contribution in [2.45, 2.75) is 0 Å². The normalized spacial score (nSPS) is 11.2. The van der Waals surface area contributed by atoms with Crippen LogP contribution in [0, 0.1) is 5.82 Å².